The summed E-state index contributed by atoms with van der Waals surface area (Å²) >= 11 is 1.71. The molecule has 0 unspecified atom stereocenters. The van der Waals surface area contributed by atoms with Gasteiger partial charge in [-0.2, -0.15) is 11.3 Å². The van der Waals surface area contributed by atoms with Crippen LogP contribution in [0.4, 0.5) is 11.4 Å². The molecular weight excluding hydrogens is 334 g/mol. The van der Waals surface area contributed by atoms with Gasteiger partial charge in [0.05, 0.1) is 0 Å². The normalized spacial score (nSPS) is 9.85. The monoisotopic (exact) mass is 357 g/mol. The topological polar surface area (TPSA) is 3.24 Å². The number of para-hydroxylation sites is 2. The Morgan fingerprint density at radius 3 is 1.42 bits per heavy atom. The fraction of sp³-hybridized carbons (Fsp3) is 0.0833. The molecule has 0 N–H and O–H groups in total. The van der Waals surface area contributed by atoms with Crippen molar-refractivity contribution >= 4 is 22.7 Å². The lowest BCUT2D eigenvalue weighted by molar-refractivity contribution is 0.914. The zero-order valence-electron chi connectivity index (χ0n) is 14.7. The third kappa shape index (κ3) is 5.61. The summed E-state index contributed by atoms with van der Waals surface area (Å²) in [6.07, 6.45) is 1.03. The summed E-state index contributed by atoms with van der Waals surface area (Å²) in [7, 11) is 0. The van der Waals surface area contributed by atoms with E-state index in [1.807, 2.05) is 22.9 Å². The number of hydrogen-bond donors (Lipinski definition) is 0. The van der Waals surface area contributed by atoms with Crippen LogP contribution in [-0.2, 0) is 6.42 Å². The highest BCUT2D eigenvalue weighted by molar-refractivity contribution is 7.07. The van der Waals surface area contributed by atoms with Gasteiger partial charge in [0.1, 0.15) is 0 Å². The molecule has 2 heteroatoms. The van der Waals surface area contributed by atoms with Crippen molar-refractivity contribution in [3.8, 4) is 0 Å². The van der Waals surface area contributed by atoms with E-state index in [-0.39, 0.29) is 0 Å². The standard InChI is InChI=1S/C20H19N.C4H4S/c1-4-10-18(11-5-1)16-17-21(19-12-6-2-7-13-19)20-14-8-3-9-15-20;1-2-4-5-3-1/h1-15H,16-17H2;1-4H. The Bertz CT molecular complexity index is 771. The predicted octanol–water partition coefficient (Wildman–Crippen LogP) is 6.82. The molecule has 1 heterocycles. The highest BCUT2D eigenvalue weighted by atomic mass is 32.1. The number of anilines is 2. The van der Waals surface area contributed by atoms with Gasteiger partial charge in [0, 0.05) is 17.9 Å². The molecule has 0 aliphatic rings. The third-order valence-electron chi connectivity index (χ3n) is 4.03. The molecule has 26 heavy (non-hydrogen) atoms. The van der Waals surface area contributed by atoms with Gasteiger partial charge in [-0.1, -0.05) is 78.9 Å². The molecule has 0 aliphatic heterocycles. The van der Waals surface area contributed by atoms with Crippen LogP contribution in [0.15, 0.2) is 114 Å². The summed E-state index contributed by atoms with van der Waals surface area (Å²) in [5.41, 5.74) is 3.84. The van der Waals surface area contributed by atoms with Crippen LogP contribution in [0, 0.1) is 0 Å². The van der Waals surface area contributed by atoms with E-state index in [2.05, 4.69) is 95.9 Å². The number of nitrogens with zero attached hydrogens (tertiary/aromatic N) is 1. The first-order chi connectivity index (χ1) is 12.9. The SMILES string of the molecule is c1ccc(CCN(c2ccccc2)c2ccccc2)cc1.c1ccsc1. The van der Waals surface area contributed by atoms with Crippen molar-refractivity contribution in [3.05, 3.63) is 119 Å². The molecule has 130 valence electrons. The molecule has 0 spiro atoms. The van der Waals surface area contributed by atoms with Gasteiger partial charge in [-0.3, -0.25) is 0 Å². The molecule has 1 nitrogen and oxygen atoms in total. The quantitative estimate of drug-likeness (QED) is 0.379. The average Bonchev–Trinajstić information content (AvgIpc) is 3.31. The number of benzene rings is 3. The predicted molar refractivity (Wildman–Crippen MR) is 114 cm³/mol. The van der Waals surface area contributed by atoms with Crippen molar-refractivity contribution in [1.29, 1.82) is 0 Å². The minimum Gasteiger partial charge on any atom is -0.341 e. The smallest absolute Gasteiger partial charge is 0.0410 e. The average molecular weight is 358 g/mol. The van der Waals surface area contributed by atoms with Gasteiger partial charge in [0.2, 0.25) is 0 Å². The molecule has 0 fully saturated rings. The fourth-order valence-corrected chi connectivity index (χ4v) is 3.19. The van der Waals surface area contributed by atoms with E-state index in [0.29, 0.717) is 0 Å². The lowest BCUT2D eigenvalue weighted by Gasteiger charge is -2.25. The molecule has 0 radical (unpaired) electrons. The van der Waals surface area contributed by atoms with Gasteiger partial charge >= 0.3 is 0 Å². The van der Waals surface area contributed by atoms with Crippen LogP contribution < -0.4 is 4.90 Å². The van der Waals surface area contributed by atoms with E-state index >= 15 is 0 Å². The largest absolute Gasteiger partial charge is 0.341 e. The molecule has 0 amide bonds. The van der Waals surface area contributed by atoms with Crippen molar-refractivity contribution < 1.29 is 0 Å². The summed E-state index contributed by atoms with van der Waals surface area (Å²) < 4.78 is 0. The van der Waals surface area contributed by atoms with Gasteiger partial charge < -0.3 is 4.90 Å². The maximum atomic E-state index is 2.37. The second kappa shape index (κ2) is 10.2. The molecule has 4 rings (SSSR count). The minimum absolute atomic E-state index is 0.970. The van der Waals surface area contributed by atoms with Gasteiger partial charge in [-0.05, 0) is 47.0 Å². The molecule has 0 saturated heterocycles. The second-order valence-electron chi connectivity index (χ2n) is 5.85. The van der Waals surface area contributed by atoms with Crippen molar-refractivity contribution in [1.82, 2.24) is 0 Å². The first kappa shape index (κ1) is 18.0. The molecule has 1 aromatic heterocycles. The number of hydrogen-bond acceptors (Lipinski definition) is 2. The van der Waals surface area contributed by atoms with E-state index < -0.39 is 0 Å². The van der Waals surface area contributed by atoms with Crippen LogP contribution in [0.25, 0.3) is 0 Å². The van der Waals surface area contributed by atoms with E-state index in [4.69, 9.17) is 0 Å². The zero-order valence-corrected chi connectivity index (χ0v) is 15.6. The third-order valence-corrected chi connectivity index (χ3v) is 4.66. The lowest BCUT2D eigenvalue weighted by Crippen LogP contribution is -2.20. The summed E-state index contributed by atoms with van der Waals surface area (Å²) in [6.45, 7) is 0.970. The molecule has 0 bridgehead atoms. The Morgan fingerprint density at radius 1 is 0.538 bits per heavy atom. The van der Waals surface area contributed by atoms with Gasteiger partial charge in [-0.15, -0.1) is 0 Å². The van der Waals surface area contributed by atoms with Crippen molar-refractivity contribution in [3.63, 3.8) is 0 Å². The fourth-order valence-electron chi connectivity index (χ4n) is 2.74. The van der Waals surface area contributed by atoms with Crippen molar-refractivity contribution in [2.24, 2.45) is 0 Å². The number of thiophene rings is 1. The Morgan fingerprint density at radius 2 is 1.00 bits per heavy atom. The van der Waals surface area contributed by atoms with Crippen LogP contribution in [0.1, 0.15) is 5.56 Å². The van der Waals surface area contributed by atoms with Crippen LogP contribution in [0.2, 0.25) is 0 Å². The minimum atomic E-state index is 0.970. The van der Waals surface area contributed by atoms with Gasteiger partial charge in [-0.25, -0.2) is 0 Å². The maximum Gasteiger partial charge on any atom is 0.0410 e. The van der Waals surface area contributed by atoms with E-state index in [1.165, 1.54) is 16.9 Å². The first-order valence-corrected chi connectivity index (χ1v) is 9.76. The zero-order chi connectivity index (χ0) is 17.9. The highest BCUT2D eigenvalue weighted by Crippen LogP contribution is 2.25. The molecule has 0 aliphatic carbocycles. The van der Waals surface area contributed by atoms with E-state index in [9.17, 15) is 0 Å². The van der Waals surface area contributed by atoms with E-state index in [1.54, 1.807) is 11.3 Å². The Hall–Kier alpha value is -2.84. The molecular formula is C24H23NS. The van der Waals surface area contributed by atoms with Crippen molar-refractivity contribution in [2.45, 2.75) is 6.42 Å². The molecule has 0 atom stereocenters. The Kier molecular flexibility index (Phi) is 7.06. The van der Waals surface area contributed by atoms with E-state index in [0.717, 1.165) is 13.0 Å². The Labute approximate surface area is 160 Å². The second-order valence-corrected chi connectivity index (χ2v) is 6.67. The first-order valence-electron chi connectivity index (χ1n) is 8.82. The van der Waals surface area contributed by atoms with Crippen LogP contribution in [-0.4, -0.2) is 6.54 Å². The summed E-state index contributed by atoms with van der Waals surface area (Å²) in [5.74, 6) is 0. The van der Waals surface area contributed by atoms with Crippen molar-refractivity contribution in [2.75, 3.05) is 11.4 Å². The summed E-state index contributed by atoms with van der Waals surface area (Å²) in [4.78, 5) is 2.37. The Balaban J connectivity index is 0.000000339. The van der Waals surface area contributed by atoms with Crippen LogP contribution in [0.5, 0.6) is 0 Å². The summed E-state index contributed by atoms with van der Waals surface area (Å²) in [5, 5.41) is 4.08. The van der Waals surface area contributed by atoms with Gasteiger partial charge in [0.15, 0.2) is 0 Å². The summed E-state index contributed by atoms with van der Waals surface area (Å²) in [6, 6.07) is 35.8. The highest BCUT2D eigenvalue weighted by Gasteiger charge is 2.08. The maximum absolute atomic E-state index is 2.37. The molecule has 4 aromatic rings. The molecule has 3 aromatic carbocycles. The lowest BCUT2D eigenvalue weighted by atomic mass is 10.1. The van der Waals surface area contributed by atoms with Crippen LogP contribution >= 0.6 is 11.3 Å². The van der Waals surface area contributed by atoms with Crippen LogP contribution in [0.3, 0.4) is 0 Å². The number of rotatable bonds is 5. The van der Waals surface area contributed by atoms with Gasteiger partial charge in [0.25, 0.3) is 0 Å². The molecule has 0 saturated carbocycles.